The lowest BCUT2D eigenvalue weighted by atomic mass is 9.83. The number of ether oxygens (including phenoxy) is 1. The number of piperidine rings is 1. The van der Waals surface area contributed by atoms with E-state index in [1.165, 1.54) is 40.1 Å². The van der Waals surface area contributed by atoms with Gasteiger partial charge in [-0.2, -0.15) is 9.97 Å². The Morgan fingerprint density at radius 1 is 1.05 bits per heavy atom. The molecule has 0 bridgehead atoms. The summed E-state index contributed by atoms with van der Waals surface area (Å²) in [5.41, 5.74) is 4.86. The van der Waals surface area contributed by atoms with Crippen LogP contribution in [0.25, 0.3) is 10.8 Å². The van der Waals surface area contributed by atoms with Crippen LogP contribution in [0.15, 0.2) is 49.1 Å². The average Bonchev–Trinajstić information content (AvgIpc) is 2.99. The number of carbonyl (C=O) groups excluding carboxylic acids is 1. The summed E-state index contributed by atoms with van der Waals surface area (Å²) >= 11 is 0. The first-order valence-corrected chi connectivity index (χ1v) is 14.9. The SMILES string of the molecule is C=CC(=O)N1CCN(c2nc(OCC3(C)CCCN(C)C3)nc3c2CCN(c2cccc4cccc(C)c24)C3)CC1. The summed E-state index contributed by atoms with van der Waals surface area (Å²) in [5.74, 6) is 0.959. The third kappa shape index (κ3) is 5.62. The van der Waals surface area contributed by atoms with Crippen LogP contribution in [0, 0.1) is 12.3 Å². The van der Waals surface area contributed by atoms with E-state index in [2.05, 4.69) is 78.6 Å². The molecule has 2 saturated heterocycles. The van der Waals surface area contributed by atoms with Crippen molar-refractivity contribution >= 4 is 28.2 Å². The van der Waals surface area contributed by atoms with Gasteiger partial charge >= 0.3 is 6.01 Å². The molecule has 0 saturated carbocycles. The van der Waals surface area contributed by atoms with Crippen LogP contribution in [0.2, 0.25) is 0 Å². The molecular formula is C33H42N6O2. The van der Waals surface area contributed by atoms with Gasteiger partial charge in [0.05, 0.1) is 18.8 Å². The average molecular weight is 555 g/mol. The summed E-state index contributed by atoms with van der Waals surface area (Å²) in [6, 6.07) is 13.5. The Labute approximate surface area is 243 Å². The first-order chi connectivity index (χ1) is 19.8. The summed E-state index contributed by atoms with van der Waals surface area (Å²) in [7, 11) is 2.19. The van der Waals surface area contributed by atoms with Crippen LogP contribution < -0.4 is 14.5 Å². The highest BCUT2D eigenvalue weighted by atomic mass is 16.5. The van der Waals surface area contributed by atoms with Crippen LogP contribution in [-0.4, -0.2) is 85.1 Å². The van der Waals surface area contributed by atoms with Gasteiger partial charge in [-0.1, -0.05) is 43.8 Å². The molecule has 1 amide bonds. The zero-order valence-corrected chi connectivity index (χ0v) is 24.7. The third-order valence-electron chi connectivity index (χ3n) is 9.04. The molecule has 2 aromatic carbocycles. The first kappa shape index (κ1) is 27.5. The largest absolute Gasteiger partial charge is 0.463 e. The van der Waals surface area contributed by atoms with Gasteiger partial charge < -0.3 is 24.3 Å². The Balaban J connectivity index is 1.31. The number of rotatable bonds is 6. The number of benzene rings is 2. The summed E-state index contributed by atoms with van der Waals surface area (Å²) in [6.07, 6.45) is 4.59. The van der Waals surface area contributed by atoms with Gasteiger partial charge in [-0.3, -0.25) is 4.79 Å². The number of hydrogen-bond acceptors (Lipinski definition) is 7. The summed E-state index contributed by atoms with van der Waals surface area (Å²) in [6.45, 7) is 15.3. The molecule has 0 spiro atoms. The minimum atomic E-state index is -0.00916. The van der Waals surface area contributed by atoms with Gasteiger partial charge in [0.15, 0.2) is 0 Å². The molecule has 2 fully saturated rings. The normalized spacial score (nSPS) is 21.6. The van der Waals surface area contributed by atoms with Gasteiger partial charge in [0.1, 0.15) is 5.82 Å². The van der Waals surface area contributed by atoms with Crippen molar-refractivity contribution in [2.45, 2.75) is 39.7 Å². The Bertz CT molecular complexity index is 1440. The maximum absolute atomic E-state index is 12.2. The molecule has 0 radical (unpaired) electrons. The molecule has 1 unspecified atom stereocenters. The Morgan fingerprint density at radius 3 is 2.59 bits per heavy atom. The maximum atomic E-state index is 12.2. The fourth-order valence-corrected chi connectivity index (χ4v) is 6.90. The molecule has 41 heavy (non-hydrogen) atoms. The first-order valence-electron chi connectivity index (χ1n) is 14.9. The van der Waals surface area contributed by atoms with E-state index >= 15 is 0 Å². The standard InChI is InChI=1S/C33H42N6O2/c1-5-29(40)37-17-19-38(20-18-37)31-26-13-16-39(28-12-7-11-25-10-6-9-24(2)30(25)28)21-27(26)34-32(35-31)41-23-33(3)14-8-15-36(4)22-33/h5-7,9-12H,1,8,13-23H2,2-4H3. The smallest absolute Gasteiger partial charge is 0.318 e. The minimum Gasteiger partial charge on any atom is -0.463 e. The molecule has 8 nitrogen and oxygen atoms in total. The third-order valence-corrected chi connectivity index (χ3v) is 9.04. The second-order valence-corrected chi connectivity index (χ2v) is 12.3. The zero-order chi connectivity index (χ0) is 28.6. The van der Waals surface area contributed by atoms with Gasteiger partial charge in [-0.05, 0) is 62.9 Å². The number of carbonyl (C=O) groups is 1. The predicted octanol–water partition coefficient (Wildman–Crippen LogP) is 4.45. The molecule has 0 N–H and O–H groups in total. The van der Waals surface area contributed by atoms with Crippen LogP contribution in [0.3, 0.4) is 0 Å². The van der Waals surface area contributed by atoms with E-state index in [-0.39, 0.29) is 11.3 Å². The number of fused-ring (bicyclic) bond motifs is 2. The van der Waals surface area contributed by atoms with Gasteiger partial charge in [0.2, 0.25) is 5.91 Å². The van der Waals surface area contributed by atoms with Crippen molar-refractivity contribution in [1.29, 1.82) is 0 Å². The molecular weight excluding hydrogens is 512 g/mol. The fraction of sp³-hybridized carbons (Fsp3) is 0.485. The number of likely N-dealkylation sites (tertiary alicyclic amines) is 1. The van der Waals surface area contributed by atoms with Crippen LogP contribution >= 0.6 is 0 Å². The van der Waals surface area contributed by atoms with Crippen molar-refractivity contribution in [3.63, 3.8) is 0 Å². The lowest BCUT2D eigenvalue weighted by Gasteiger charge is -2.39. The van der Waals surface area contributed by atoms with Gasteiger partial charge in [-0.25, -0.2) is 0 Å². The fourth-order valence-electron chi connectivity index (χ4n) is 6.90. The van der Waals surface area contributed by atoms with E-state index in [1.54, 1.807) is 0 Å². The van der Waals surface area contributed by atoms with Gasteiger partial charge in [0.25, 0.3) is 0 Å². The number of amides is 1. The Kier molecular flexibility index (Phi) is 7.60. The topological polar surface area (TPSA) is 65.0 Å². The van der Waals surface area contributed by atoms with Crippen molar-refractivity contribution in [1.82, 2.24) is 19.8 Å². The van der Waals surface area contributed by atoms with Crippen molar-refractivity contribution in [3.8, 4) is 6.01 Å². The van der Waals surface area contributed by atoms with Crippen LogP contribution in [0.5, 0.6) is 6.01 Å². The molecule has 1 atom stereocenters. The quantitative estimate of drug-likeness (QED) is 0.417. The predicted molar refractivity (Wildman–Crippen MR) is 165 cm³/mol. The molecule has 3 aliphatic heterocycles. The lowest BCUT2D eigenvalue weighted by Crippen LogP contribution is -2.49. The zero-order valence-electron chi connectivity index (χ0n) is 24.7. The molecule has 4 heterocycles. The van der Waals surface area contributed by atoms with Crippen molar-refractivity contribution < 1.29 is 9.53 Å². The summed E-state index contributed by atoms with van der Waals surface area (Å²) < 4.78 is 6.43. The monoisotopic (exact) mass is 554 g/mol. The Hall–Kier alpha value is -3.65. The Morgan fingerprint density at radius 2 is 1.83 bits per heavy atom. The highest BCUT2D eigenvalue weighted by Gasteiger charge is 2.32. The van der Waals surface area contributed by atoms with Crippen molar-refractivity contribution in [2.75, 3.05) is 69.3 Å². The van der Waals surface area contributed by atoms with Gasteiger partial charge in [-0.15, -0.1) is 0 Å². The van der Waals surface area contributed by atoms with Crippen LogP contribution in [0.1, 0.15) is 36.6 Å². The van der Waals surface area contributed by atoms with E-state index in [4.69, 9.17) is 14.7 Å². The number of hydrogen-bond donors (Lipinski definition) is 0. The maximum Gasteiger partial charge on any atom is 0.318 e. The van der Waals surface area contributed by atoms with Crippen LogP contribution in [-0.2, 0) is 17.8 Å². The summed E-state index contributed by atoms with van der Waals surface area (Å²) in [4.78, 5) is 31.3. The number of anilines is 2. The highest BCUT2D eigenvalue weighted by molar-refractivity contribution is 5.97. The molecule has 3 aromatic rings. The number of piperazine rings is 1. The van der Waals surface area contributed by atoms with Crippen molar-refractivity contribution in [2.24, 2.45) is 5.41 Å². The highest BCUT2D eigenvalue weighted by Crippen LogP contribution is 2.36. The molecule has 6 rings (SSSR count). The number of nitrogens with zero attached hydrogens (tertiary/aromatic N) is 6. The van der Waals surface area contributed by atoms with Gasteiger partial charge in [0, 0.05) is 61.3 Å². The van der Waals surface area contributed by atoms with Crippen LogP contribution in [0.4, 0.5) is 11.5 Å². The summed E-state index contributed by atoms with van der Waals surface area (Å²) in [5, 5.41) is 2.57. The van der Waals surface area contributed by atoms with E-state index in [0.717, 1.165) is 57.1 Å². The molecule has 3 aliphatic rings. The number of aryl methyl sites for hydroxylation is 1. The molecule has 1 aromatic heterocycles. The minimum absolute atomic E-state index is 0.00916. The lowest BCUT2D eigenvalue weighted by molar-refractivity contribution is -0.126. The van der Waals surface area contributed by atoms with E-state index < -0.39 is 0 Å². The second-order valence-electron chi connectivity index (χ2n) is 12.3. The van der Waals surface area contributed by atoms with E-state index in [1.807, 2.05) is 4.90 Å². The molecule has 216 valence electrons. The second kappa shape index (κ2) is 11.3. The molecule has 0 aliphatic carbocycles. The van der Waals surface area contributed by atoms with E-state index in [0.29, 0.717) is 32.3 Å². The van der Waals surface area contributed by atoms with E-state index in [9.17, 15) is 4.79 Å². The number of aromatic nitrogens is 2. The van der Waals surface area contributed by atoms with Crippen molar-refractivity contribution in [3.05, 3.63) is 65.9 Å². The molecule has 8 heteroatoms.